The molecule has 114 valence electrons. The van der Waals surface area contributed by atoms with Gasteiger partial charge in [-0.3, -0.25) is 4.79 Å². The van der Waals surface area contributed by atoms with Gasteiger partial charge in [0.2, 0.25) is 0 Å². The van der Waals surface area contributed by atoms with Crippen LogP contribution in [0.4, 0.5) is 4.79 Å². The van der Waals surface area contributed by atoms with Crippen molar-refractivity contribution in [2.75, 3.05) is 0 Å². The van der Waals surface area contributed by atoms with Crippen LogP contribution >= 0.6 is 11.8 Å². The van der Waals surface area contributed by atoms with Crippen molar-refractivity contribution >= 4 is 17.0 Å². The van der Waals surface area contributed by atoms with Crippen LogP contribution < -0.4 is 5.32 Å². The lowest BCUT2D eigenvalue weighted by molar-refractivity contribution is -0.0373. The van der Waals surface area contributed by atoms with Crippen molar-refractivity contribution in [1.82, 2.24) is 5.32 Å². The molecule has 0 aromatic carbocycles. The van der Waals surface area contributed by atoms with E-state index in [2.05, 4.69) is 11.4 Å². The van der Waals surface area contributed by atoms with Crippen molar-refractivity contribution in [1.29, 1.82) is 0 Å². The third kappa shape index (κ3) is 4.26. The second-order valence-electron chi connectivity index (χ2n) is 6.48. The van der Waals surface area contributed by atoms with Crippen LogP contribution in [0.5, 0.6) is 0 Å². The zero-order valence-electron chi connectivity index (χ0n) is 12.7. The van der Waals surface area contributed by atoms with Crippen LogP contribution in [0.2, 0.25) is 0 Å². The third-order valence-electron chi connectivity index (χ3n) is 4.37. The molecule has 1 saturated carbocycles. The Hall–Kier alpha value is -0.480. The zero-order chi connectivity index (χ0) is 14.6. The minimum absolute atomic E-state index is 0.0301. The maximum absolute atomic E-state index is 11.8. The number of carbonyl (C=O) groups excluding carboxylic acids is 1. The fourth-order valence-electron chi connectivity index (χ4n) is 3.32. The molecule has 1 fully saturated rings. The lowest BCUT2D eigenvalue weighted by atomic mass is 9.72. The largest absolute Gasteiger partial charge is 0.389 e. The molecule has 0 bridgehead atoms. The van der Waals surface area contributed by atoms with Gasteiger partial charge in [-0.15, -0.1) is 0 Å². The molecule has 2 rings (SSSR count). The van der Waals surface area contributed by atoms with E-state index in [1.165, 1.54) is 18.2 Å². The molecular formula is C16H27NO2S. The summed E-state index contributed by atoms with van der Waals surface area (Å²) < 4.78 is 0. The van der Waals surface area contributed by atoms with Crippen LogP contribution in [0.15, 0.2) is 11.0 Å². The van der Waals surface area contributed by atoms with Crippen LogP contribution in [-0.4, -0.2) is 22.0 Å². The van der Waals surface area contributed by atoms with Crippen molar-refractivity contribution < 1.29 is 9.90 Å². The maximum Gasteiger partial charge on any atom is 0.283 e. The topological polar surface area (TPSA) is 49.3 Å². The lowest BCUT2D eigenvalue weighted by Gasteiger charge is -2.39. The summed E-state index contributed by atoms with van der Waals surface area (Å²) in [4.78, 5) is 13.0. The average molecular weight is 297 g/mol. The SMILES string of the molecule is CC(C)NC(=O)SC1=C[C@@H](C2(O)CCCCC2)CCC1. The molecule has 0 unspecified atom stereocenters. The van der Waals surface area contributed by atoms with Gasteiger partial charge in [-0.05, 0) is 62.6 Å². The molecule has 0 aromatic rings. The van der Waals surface area contributed by atoms with Crippen LogP contribution in [-0.2, 0) is 0 Å². The summed E-state index contributed by atoms with van der Waals surface area (Å²) in [6, 6.07) is 0.178. The number of nitrogens with one attached hydrogen (secondary N) is 1. The molecule has 0 heterocycles. The predicted octanol–water partition coefficient (Wildman–Crippen LogP) is 4.22. The van der Waals surface area contributed by atoms with Gasteiger partial charge in [0.05, 0.1) is 5.60 Å². The molecule has 1 atom stereocenters. The Balaban J connectivity index is 1.98. The van der Waals surface area contributed by atoms with Gasteiger partial charge in [-0.2, -0.15) is 0 Å². The normalized spacial score (nSPS) is 26.2. The summed E-state index contributed by atoms with van der Waals surface area (Å²) in [6.07, 6.45) is 10.7. The molecule has 1 amide bonds. The second kappa shape index (κ2) is 6.99. The Morgan fingerprint density at radius 1 is 1.35 bits per heavy atom. The number of rotatable bonds is 3. The first-order valence-corrected chi connectivity index (χ1v) is 8.73. The van der Waals surface area contributed by atoms with E-state index in [1.54, 1.807) is 0 Å². The van der Waals surface area contributed by atoms with Crippen molar-refractivity contribution in [3.63, 3.8) is 0 Å². The van der Waals surface area contributed by atoms with Crippen LogP contribution in [0, 0.1) is 5.92 Å². The number of carbonyl (C=O) groups is 1. The second-order valence-corrected chi connectivity index (χ2v) is 7.58. The van der Waals surface area contributed by atoms with Crippen molar-refractivity contribution in [2.24, 2.45) is 5.92 Å². The highest BCUT2D eigenvalue weighted by atomic mass is 32.2. The van der Waals surface area contributed by atoms with Gasteiger partial charge in [0.25, 0.3) is 5.24 Å². The molecule has 2 aliphatic rings. The summed E-state index contributed by atoms with van der Waals surface area (Å²) in [6.45, 7) is 3.95. The van der Waals surface area contributed by atoms with E-state index in [1.807, 2.05) is 13.8 Å². The van der Waals surface area contributed by atoms with Crippen molar-refractivity contribution in [2.45, 2.75) is 76.9 Å². The number of thioether (sulfide) groups is 1. The smallest absolute Gasteiger partial charge is 0.283 e. The maximum atomic E-state index is 11.8. The Bertz CT molecular complexity index is 373. The Morgan fingerprint density at radius 2 is 2.05 bits per heavy atom. The monoisotopic (exact) mass is 297 g/mol. The summed E-state index contributed by atoms with van der Waals surface area (Å²) in [5, 5.41) is 13.8. The summed E-state index contributed by atoms with van der Waals surface area (Å²) in [5.41, 5.74) is -0.515. The first-order chi connectivity index (χ1) is 9.49. The highest BCUT2D eigenvalue weighted by Gasteiger charge is 2.37. The molecular weight excluding hydrogens is 270 g/mol. The quantitative estimate of drug-likeness (QED) is 0.820. The summed E-state index contributed by atoms with van der Waals surface area (Å²) in [7, 11) is 0. The van der Waals surface area contributed by atoms with E-state index in [0.717, 1.165) is 49.9 Å². The standard InChI is InChI=1S/C16H27NO2S/c1-12(2)17-15(18)20-14-8-6-7-13(11-14)16(19)9-4-3-5-10-16/h11-13,19H,3-10H2,1-2H3,(H,17,18)/t13-/m0/s1. The number of hydrogen-bond donors (Lipinski definition) is 2. The number of hydrogen-bond acceptors (Lipinski definition) is 3. The predicted molar refractivity (Wildman–Crippen MR) is 84.7 cm³/mol. The first-order valence-electron chi connectivity index (χ1n) is 7.91. The lowest BCUT2D eigenvalue weighted by Crippen LogP contribution is -2.40. The minimum Gasteiger partial charge on any atom is -0.389 e. The zero-order valence-corrected chi connectivity index (χ0v) is 13.5. The first kappa shape index (κ1) is 15.9. The molecule has 4 heteroatoms. The fraction of sp³-hybridized carbons (Fsp3) is 0.812. The van der Waals surface area contributed by atoms with E-state index in [4.69, 9.17) is 0 Å². The van der Waals surface area contributed by atoms with E-state index < -0.39 is 5.60 Å². The average Bonchev–Trinajstić information content (AvgIpc) is 2.39. The number of allylic oxidation sites excluding steroid dienone is 1. The number of aliphatic hydroxyl groups is 1. The van der Waals surface area contributed by atoms with E-state index in [9.17, 15) is 9.90 Å². The third-order valence-corrected chi connectivity index (χ3v) is 5.27. The molecule has 0 saturated heterocycles. The van der Waals surface area contributed by atoms with Crippen LogP contribution in [0.25, 0.3) is 0 Å². The van der Waals surface area contributed by atoms with E-state index in [-0.39, 0.29) is 17.2 Å². The molecule has 0 aliphatic heterocycles. The molecule has 3 nitrogen and oxygen atoms in total. The highest BCUT2D eigenvalue weighted by Crippen LogP contribution is 2.42. The summed E-state index contributed by atoms with van der Waals surface area (Å²) >= 11 is 1.32. The van der Waals surface area contributed by atoms with Crippen molar-refractivity contribution in [3.05, 3.63) is 11.0 Å². The van der Waals surface area contributed by atoms with Gasteiger partial charge < -0.3 is 10.4 Å². The van der Waals surface area contributed by atoms with Crippen LogP contribution in [0.1, 0.15) is 65.2 Å². The van der Waals surface area contributed by atoms with Gasteiger partial charge in [0, 0.05) is 12.0 Å². The van der Waals surface area contributed by atoms with Crippen LogP contribution in [0.3, 0.4) is 0 Å². The van der Waals surface area contributed by atoms with Gasteiger partial charge in [-0.25, -0.2) is 0 Å². The van der Waals surface area contributed by atoms with Crippen molar-refractivity contribution in [3.8, 4) is 0 Å². The van der Waals surface area contributed by atoms with Gasteiger partial charge in [0.15, 0.2) is 0 Å². The summed E-state index contributed by atoms with van der Waals surface area (Å²) in [5.74, 6) is 0.242. The molecule has 2 N–H and O–H groups in total. The number of amides is 1. The Kier molecular flexibility index (Phi) is 5.56. The molecule has 20 heavy (non-hydrogen) atoms. The van der Waals surface area contributed by atoms with E-state index >= 15 is 0 Å². The van der Waals surface area contributed by atoms with Gasteiger partial charge in [0.1, 0.15) is 0 Å². The Labute approximate surface area is 126 Å². The minimum atomic E-state index is -0.515. The fourth-order valence-corrected chi connectivity index (χ4v) is 4.33. The van der Waals surface area contributed by atoms with Gasteiger partial charge in [-0.1, -0.05) is 25.3 Å². The molecule has 2 aliphatic carbocycles. The molecule has 0 aromatic heterocycles. The molecule has 0 radical (unpaired) electrons. The Morgan fingerprint density at radius 3 is 2.70 bits per heavy atom. The molecule has 0 spiro atoms. The van der Waals surface area contributed by atoms with Gasteiger partial charge >= 0.3 is 0 Å². The van der Waals surface area contributed by atoms with E-state index in [0.29, 0.717) is 0 Å². The highest BCUT2D eigenvalue weighted by molar-refractivity contribution is 8.16.